The topological polar surface area (TPSA) is 3.24 Å². The number of nitrogens with zero attached hydrogens (tertiary/aromatic N) is 1. The lowest BCUT2D eigenvalue weighted by molar-refractivity contribution is 0.443. The second-order valence-corrected chi connectivity index (χ2v) is 25.1. The van der Waals surface area contributed by atoms with E-state index >= 15 is 0 Å². The molecule has 7 aromatic rings. The minimum Gasteiger partial charge on any atom is -0.310 e. The summed E-state index contributed by atoms with van der Waals surface area (Å²) in [4.78, 5) is 2.48. The molecular formula is C67H77N. The summed E-state index contributed by atoms with van der Waals surface area (Å²) in [6.07, 6.45) is 6.64. The van der Waals surface area contributed by atoms with Crippen molar-refractivity contribution >= 4 is 17.1 Å². The van der Waals surface area contributed by atoms with Crippen LogP contribution >= 0.6 is 0 Å². The van der Waals surface area contributed by atoms with Crippen LogP contribution in [0.1, 0.15) is 174 Å². The third-order valence-corrected chi connectivity index (χ3v) is 15.4. The Hall–Kier alpha value is -5.66. The third-order valence-electron chi connectivity index (χ3n) is 15.4. The van der Waals surface area contributed by atoms with E-state index in [0.717, 1.165) is 5.69 Å². The molecule has 0 aliphatic heterocycles. The Morgan fingerprint density at radius 3 is 1.24 bits per heavy atom. The molecule has 1 saturated carbocycles. The number of hydrogen-bond donors (Lipinski definition) is 0. The maximum Gasteiger partial charge on any atom is 0.0465 e. The Balaban J connectivity index is 1.20. The van der Waals surface area contributed by atoms with Gasteiger partial charge in [0, 0.05) is 22.5 Å². The maximum absolute atomic E-state index is 2.48. The van der Waals surface area contributed by atoms with Crippen molar-refractivity contribution in [2.45, 2.75) is 162 Å². The first-order valence-corrected chi connectivity index (χ1v) is 25.7. The Labute approximate surface area is 411 Å². The molecule has 0 atom stereocenters. The Kier molecular flexibility index (Phi) is 12.1. The van der Waals surface area contributed by atoms with Gasteiger partial charge in [0.1, 0.15) is 0 Å². The Bertz CT molecular complexity index is 2800. The van der Waals surface area contributed by atoms with Gasteiger partial charge in [0.25, 0.3) is 0 Å². The van der Waals surface area contributed by atoms with Crippen molar-refractivity contribution in [2.24, 2.45) is 0 Å². The molecule has 1 heteroatoms. The van der Waals surface area contributed by atoms with Gasteiger partial charge in [0.15, 0.2) is 0 Å². The summed E-state index contributed by atoms with van der Waals surface area (Å²) in [6.45, 7) is 32.8. The number of benzene rings is 7. The number of anilines is 3. The largest absolute Gasteiger partial charge is 0.310 e. The second kappa shape index (κ2) is 17.4. The van der Waals surface area contributed by atoms with Crippen LogP contribution in [0, 0.1) is 0 Å². The van der Waals surface area contributed by atoms with E-state index in [-0.39, 0.29) is 27.1 Å². The van der Waals surface area contributed by atoms with E-state index in [1.165, 1.54) is 127 Å². The smallest absolute Gasteiger partial charge is 0.0465 e. The molecule has 0 saturated heterocycles. The van der Waals surface area contributed by atoms with Gasteiger partial charge in [0.2, 0.25) is 0 Å². The molecule has 2 aliphatic rings. The summed E-state index contributed by atoms with van der Waals surface area (Å²) in [7, 11) is 0. The SMILES string of the molecule is CC(C)(C)c1cc(-c2cc(-c3ccc(N(c4ccc(C5CCCCC5)cc4)c4ccc5c(c4)C(C)(C)c4ccccc4-5)cc3)cc(-c3cc(C(C)(C)C)cc(C(C)(C)C)c3)c2)cc(C(C)(C)C)c1. The first-order chi connectivity index (χ1) is 31.9. The van der Waals surface area contributed by atoms with Crippen molar-refractivity contribution in [3.63, 3.8) is 0 Å². The Morgan fingerprint density at radius 1 is 0.368 bits per heavy atom. The van der Waals surface area contributed by atoms with Gasteiger partial charge in [0.05, 0.1) is 0 Å². The lowest BCUT2D eigenvalue weighted by Gasteiger charge is -2.29. The summed E-state index contributed by atoms with van der Waals surface area (Å²) in [5.41, 5.74) is 23.4. The first-order valence-electron chi connectivity index (χ1n) is 25.7. The Morgan fingerprint density at radius 2 is 0.765 bits per heavy atom. The number of fused-ring (bicyclic) bond motifs is 3. The molecule has 7 aromatic carbocycles. The second-order valence-electron chi connectivity index (χ2n) is 25.1. The standard InChI is InChI=1S/C67H77N/c1-63(2,3)52-37-50(38-53(41-52)64(4,5)6)48-34-47(35-49(36-48)51-39-54(65(7,8)9)42-55(40-51)66(10,11)12)46-26-30-57(31-27-46)68(56-28-24-45(25-29-56)44-20-16-15-17-21-44)58-32-33-60-59-22-18-19-23-61(59)67(13,14)62(60)43-58/h18-19,22-44H,15-17,20-21H2,1-14H3. The van der Waals surface area contributed by atoms with Gasteiger partial charge in [-0.25, -0.2) is 0 Å². The van der Waals surface area contributed by atoms with Crippen molar-refractivity contribution in [1.29, 1.82) is 0 Å². The van der Waals surface area contributed by atoms with E-state index in [2.05, 4.69) is 247 Å². The van der Waals surface area contributed by atoms with Gasteiger partial charge in [-0.05, 0) is 178 Å². The van der Waals surface area contributed by atoms with Crippen LogP contribution in [-0.2, 0) is 27.1 Å². The lowest BCUT2D eigenvalue weighted by atomic mass is 9.78. The van der Waals surface area contributed by atoms with Crippen LogP contribution in [0.4, 0.5) is 17.1 Å². The number of rotatable bonds is 7. The van der Waals surface area contributed by atoms with Crippen LogP contribution in [-0.4, -0.2) is 0 Å². The van der Waals surface area contributed by atoms with Gasteiger partial charge >= 0.3 is 0 Å². The minimum absolute atomic E-state index is 0.00949. The highest BCUT2D eigenvalue weighted by Crippen LogP contribution is 2.51. The van der Waals surface area contributed by atoms with Gasteiger partial charge in [-0.2, -0.15) is 0 Å². The molecule has 68 heavy (non-hydrogen) atoms. The average Bonchev–Trinajstić information content (AvgIpc) is 3.53. The molecular weight excluding hydrogens is 819 g/mol. The summed E-state index contributed by atoms with van der Waals surface area (Å²) in [5.74, 6) is 0.664. The highest BCUT2D eigenvalue weighted by Gasteiger charge is 2.36. The molecule has 0 radical (unpaired) electrons. The first kappa shape index (κ1) is 47.4. The van der Waals surface area contributed by atoms with Crippen LogP contribution in [0.15, 0.2) is 146 Å². The van der Waals surface area contributed by atoms with Gasteiger partial charge in [-0.3, -0.25) is 0 Å². The van der Waals surface area contributed by atoms with Gasteiger partial charge < -0.3 is 4.90 Å². The quantitative estimate of drug-likeness (QED) is 0.154. The van der Waals surface area contributed by atoms with E-state index in [0.29, 0.717) is 5.92 Å². The maximum atomic E-state index is 2.48. The molecule has 1 nitrogen and oxygen atoms in total. The van der Waals surface area contributed by atoms with Crippen molar-refractivity contribution in [2.75, 3.05) is 4.90 Å². The summed E-state index contributed by atoms with van der Waals surface area (Å²) in [5, 5.41) is 0. The van der Waals surface area contributed by atoms with E-state index in [9.17, 15) is 0 Å². The van der Waals surface area contributed by atoms with Crippen molar-refractivity contribution in [3.05, 3.63) is 185 Å². The fourth-order valence-electron chi connectivity index (χ4n) is 10.9. The molecule has 2 aliphatic carbocycles. The normalized spacial score (nSPS) is 15.3. The summed E-state index contributed by atoms with van der Waals surface area (Å²) >= 11 is 0. The van der Waals surface area contributed by atoms with Crippen LogP contribution in [0.25, 0.3) is 44.5 Å². The van der Waals surface area contributed by atoms with Crippen LogP contribution in [0.5, 0.6) is 0 Å². The lowest BCUT2D eigenvalue weighted by Crippen LogP contribution is -2.16. The molecule has 9 rings (SSSR count). The fourth-order valence-corrected chi connectivity index (χ4v) is 10.9. The molecule has 0 aromatic heterocycles. The zero-order valence-electron chi connectivity index (χ0n) is 43.9. The molecule has 0 N–H and O–H groups in total. The van der Waals surface area contributed by atoms with Crippen molar-refractivity contribution < 1.29 is 0 Å². The molecule has 0 heterocycles. The highest BCUT2D eigenvalue weighted by atomic mass is 15.1. The predicted octanol–water partition coefficient (Wildman–Crippen LogP) is 19.7. The average molecular weight is 896 g/mol. The fraction of sp³-hybridized carbons (Fsp3) is 0.373. The molecule has 0 unspecified atom stereocenters. The van der Waals surface area contributed by atoms with Crippen LogP contribution < -0.4 is 4.90 Å². The predicted molar refractivity (Wildman–Crippen MR) is 296 cm³/mol. The van der Waals surface area contributed by atoms with Crippen molar-refractivity contribution in [3.8, 4) is 44.5 Å². The van der Waals surface area contributed by atoms with E-state index < -0.39 is 0 Å². The monoisotopic (exact) mass is 896 g/mol. The molecule has 0 amide bonds. The molecule has 0 spiro atoms. The van der Waals surface area contributed by atoms with Crippen molar-refractivity contribution in [1.82, 2.24) is 0 Å². The zero-order chi connectivity index (χ0) is 48.6. The molecule has 0 bridgehead atoms. The van der Waals surface area contributed by atoms with E-state index in [4.69, 9.17) is 0 Å². The highest BCUT2D eigenvalue weighted by molar-refractivity contribution is 5.87. The number of hydrogen-bond acceptors (Lipinski definition) is 1. The third kappa shape index (κ3) is 9.40. The summed E-state index contributed by atoms with van der Waals surface area (Å²) in [6, 6.07) is 57.1. The van der Waals surface area contributed by atoms with E-state index in [1.54, 1.807) is 0 Å². The van der Waals surface area contributed by atoms with E-state index in [1.807, 2.05) is 0 Å². The van der Waals surface area contributed by atoms with Gasteiger partial charge in [-0.15, -0.1) is 0 Å². The van der Waals surface area contributed by atoms with Crippen LogP contribution in [0.3, 0.4) is 0 Å². The molecule has 350 valence electrons. The summed E-state index contributed by atoms with van der Waals surface area (Å²) < 4.78 is 0. The van der Waals surface area contributed by atoms with Gasteiger partial charge in [-0.1, -0.05) is 207 Å². The minimum atomic E-state index is -0.0921. The van der Waals surface area contributed by atoms with Crippen LogP contribution in [0.2, 0.25) is 0 Å². The zero-order valence-corrected chi connectivity index (χ0v) is 43.9. The molecule has 1 fully saturated rings.